The highest BCUT2D eigenvalue weighted by atomic mass is 35.5. The summed E-state index contributed by atoms with van der Waals surface area (Å²) in [6.45, 7) is 1.80. The number of ether oxygens (including phenoxy) is 3. The molecule has 0 bridgehead atoms. The minimum atomic E-state index is -0.229. The fraction of sp³-hybridized carbons (Fsp3) is 0.278. The molecule has 0 aromatic heterocycles. The van der Waals surface area contributed by atoms with Crippen molar-refractivity contribution in [1.29, 1.82) is 0 Å². The lowest BCUT2D eigenvalue weighted by atomic mass is 10.1. The predicted octanol–water partition coefficient (Wildman–Crippen LogP) is 3.61. The van der Waals surface area contributed by atoms with E-state index in [1.807, 2.05) is 19.1 Å². The van der Waals surface area contributed by atoms with Crippen LogP contribution in [-0.2, 0) is 4.79 Å². The fourth-order valence-electron chi connectivity index (χ4n) is 2.22. The number of halogens is 1. The smallest absolute Gasteiger partial charge is 0.258 e. The van der Waals surface area contributed by atoms with Gasteiger partial charge in [0.25, 0.3) is 5.91 Å². The van der Waals surface area contributed by atoms with E-state index in [0.29, 0.717) is 22.3 Å². The third-order valence-electron chi connectivity index (χ3n) is 3.47. The first kappa shape index (κ1) is 17.9. The highest BCUT2D eigenvalue weighted by Crippen LogP contribution is 2.29. The van der Waals surface area contributed by atoms with Crippen molar-refractivity contribution >= 4 is 17.5 Å². The predicted molar refractivity (Wildman–Crippen MR) is 93.1 cm³/mol. The van der Waals surface area contributed by atoms with E-state index in [2.05, 4.69) is 5.32 Å². The maximum absolute atomic E-state index is 12.1. The number of hydrogen-bond donors (Lipinski definition) is 1. The Labute approximate surface area is 146 Å². The average molecular weight is 350 g/mol. The first-order valence-electron chi connectivity index (χ1n) is 7.43. The maximum atomic E-state index is 12.1. The summed E-state index contributed by atoms with van der Waals surface area (Å²) in [4.78, 5) is 12.1. The molecule has 2 rings (SSSR count). The second-order valence-corrected chi connectivity index (χ2v) is 5.58. The topological polar surface area (TPSA) is 56.8 Å². The summed E-state index contributed by atoms with van der Waals surface area (Å²) in [7, 11) is 3.17. The highest BCUT2D eigenvalue weighted by Gasteiger charge is 2.15. The molecule has 0 heterocycles. The summed E-state index contributed by atoms with van der Waals surface area (Å²) in [5, 5.41) is 3.50. The SMILES string of the molecule is COc1ccc(C(C)NC(=O)COc2ccc(Cl)cc2)c(OC)c1. The van der Waals surface area contributed by atoms with Crippen molar-refractivity contribution in [1.82, 2.24) is 5.32 Å². The number of amides is 1. The monoisotopic (exact) mass is 349 g/mol. The van der Waals surface area contributed by atoms with Gasteiger partial charge >= 0.3 is 0 Å². The van der Waals surface area contributed by atoms with E-state index in [1.54, 1.807) is 44.6 Å². The third-order valence-corrected chi connectivity index (χ3v) is 3.72. The van der Waals surface area contributed by atoms with Crippen LogP contribution in [-0.4, -0.2) is 26.7 Å². The fourth-order valence-corrected chi connectivity index (χ4v) is 2.34. The van der Waals surface area contributed by atoms with Gasteiger partial charge in [-0.15, -0.1) is 0 Å². The van der Waals surface area contributed by atoms with Gasteiger partial charge < -0.3 is 19.5 Å². The minimum absolute atomic E-state index is 0.0789. The van der Waals surface area contributed by atoms with Crippen molar-refractivity contribution in [2.75, 3.05) is 20.8 Å². The van der Waals surface area contributed by atoms with E-state index < -0.39 is 0 Å². The van der Waals surface area contributed by atoms with Gasteiger partial charge in [-0.05, 0) is 43.3 Å². The van der Waals surface area contributed by atoms with Crippen LogP contribution in [0.3, 0.4) is 0 Å². The van der Waals surface area contributed by atoms with Gasteiger partial charge in [0.1, 0.15) is 17.2 Å². The lowest BCUT2D eigenvalue weighted by molar-refractivity contribution is -0.123. The van der Waals surface area contributed by atoms with Gasteiger partial charge in [0.2, 0.25) is 0 Å². The lowest BCUT2D eigenvalue weighted by Crippen LogP contribution is -2.31. The van der Waals surface area contributed by atoms with E-state index >= 15 is 0 Å². The van der Waals surface area contributed by atoms with Crippen LogP contribution in [0.1, 0.15) is 18.5 Å². The van der Waals surface area contributed by atoms with Crippen LogP contribution in [0, 0.1) is 0 Å². The molecule has 1 amide bonds. The summed E-state index contributed by atoms with van der Waals surface area (Å²) in [5.41, 5.74) is 0.859. The molecule has 1 N–H and O–H groups in total. The summed E-state index contributed by atoms with van der Waals surface area (Å²) in [5.74, 6) is 1.71. The molecule has 2 aromatic rings. The number of carbonyl (C=O) groups excluding carboxylic acids is 1. The minimum Gasteiger partial charge on any atom is -0.497 e. The molecule has 24 heavy (non-hydrogen) atoms. The molecule has 0 saturated carbocycles. The molecule has 0 aliphatic rings. The van der Waals surface area contributed by atoms with Gasteiger partial charge in [-0.3, -0.25) is 4.79 Å². The van der Waals surface area contributed by atoms with E-state index in [9.17, 15) is 4.79 Å². The second-order valence-electron chi connectivity index (χ2n) is 5.14. The van der Waals surface area contributed by atoms with Crippen LogP contribution < -0.4 is 19.5 Å². The summed E-state index contributed by atoms with van der Waals surface area (Å²) in [6, 6.07) is 12.1. The number of carbonyl (C=O) groups is 1. The summed E-state index contributed by atoms with van der Waals surface area (Å²) >= 11 is 5.81. The van der Waals surface area contributed by atoms with Crippen molar-refractivity contribution in [2.24, 2.45) is 0 Å². The van der Waals surface area contributed by atoms with Crippen LogP contribution >= 0.6 is 11.6 Å². The molecule has 0 aliphatic carbocycles. The number of methoxy groups -OCH3 is 2. The Balaban J connectivity index is 1.94. The van der Waals surface area contributed by atoms with Gasteiger partial charge in [-0.2, -0.15) is 0 Å². The van der Waals surface area contributed by atoms with Crippen LogP contribution in [0.5, 0.6) is 17.2 Å². The number of benzene rings is 2. The molecule has 5 nitrogen and oxygen atoms in total. The Morgan fingerprint density at radius 2 is 1.75 bits per heavy atom. The van der Waals surface area contributed by atoms with Crippen LogP contribution in [0.25, 0.3) is 0 Å². The average Bonchev–Trinajstić information content (AvgIpc) is 2.60. The molecule has 2 aromatic carbocycles. The van der Waals surface area contributed by atoms with Crippen LogP contribution in [0.4, 0.5) is 0 Å². The first-order valence-corrected chi connectivity index (χ1v) is 7.81. The van der Waals surface area contributed by atoms with Crippen molar-refractivity contribution in [3.63, 3.8) is 0 Å². The largest absolute Gasteiger partial charge is 0.497 e. The second kappa shape index (κ2) is 8.45. The van der Waals surface area contributed by atoms with Gasteiger partial charge in [0.05, 0.1) is 20.3 Å². The molecule has 128 valence electrons. The Morgan fingerprint density at radius 3 is 2.38 bits per heavy atom. The van der Waals surface area contributed by atoms with Gasteiger partial charge in [0.15, 0.2) is 6.61 Å². The molecule has 1 unspecified atom stereocenters. The Hall–Kier alpha value is -2.40. The first-order chi connectivity index (χ1) is 11.5. The van der Waals surface area contributed by atoms with Crippen molar-refractivity contribution in [3.8, 4) is 17.2 Å². The standard InChI is InChI=1S/C18H20ClNO4/c1-12(16-9-8-15(22-2)10-17(16)23-3)20-18(21)11-24-14-6-4-13(19)5-7-14/h4-10,12H,11H2,1-3H3,(H,20,21). The Morgan fingerprint density at radius 1 is 1.08 bits per heavy atom. The molecule has 0 fully saturated rings. The molecule has 0 aliphatic heterocycles. The van der Waals surface area contributed by atoms with Gasteiger partial charge in [-0.1, -0.05) is 11.6 Å². The number of nitrogens with one attached hydrogen (secondary N) is 1. The van der Waals surface area contributed by atoms with Crippen molar-refractivity contribution in [3.05, 3.63) is 53.1 Å². The van der Waals surface area contributed by atoms with Gasteiger partial charge in [-0.25, -0.2) is 0 Å². The zero-order valence-electron chi connectivity index (χ0n) is 13.8. The molecule has 1 atom stereocenters. The number of rotatable bonds is 7. The van der Waals surface area contributed by atoms with Crippen LogP contribution in [0.2, 0.25) is 5.02 Å². The van der Waals surface area contributed by atoms with Crippen LogP contribution in [0.15, 0.2) is 42.5 Å². The zero-order valence-corrected chi connectivity index (χ0v) is 14.6. The molecule has 0 radical (unpaired) electrons. The normalized spacial score (nSPS) is 11.5. The molecular weight excluding hydrogens is 330 g/mol. The van der Waals surface area contributed by atoms with E-state index in [4.69, 9.17) is 25.8 Å². The Bertz CT molecular complexity index is 688. The van der Waals surface area contributed by atoms with E-state index in [0.717, 1.165) is 5.56 Å². The lowest BCUT2D eigenvalue weighted by Gasteiger charge is -2.18. The molecule has 0 spiro atoms. The van der Waals surface area contributed by atoms with Crippen molar-refractivity contribution in [2.45, 2.75) is 13.0 Å². The quantitative estimate of drug-likeness (QED) is 0.829. The zero-order chi connectivity index (χ0) is 17.5. The highest BCUT2D eigenvalue weighted by molar-refractivity contribution is 6.30. The summed E-state index contributed by atoms with van der Waals surface area (Å²) in [6.07, 6.45) is 0. The van der Waals surface area contributed by atoms with E-state index in [-0.39, 0.29) is 18.6 Å². The Kier molecular flexibility index (Phi) is 6.32. The summed E-state index contributed by atoms with van der Waals surface area (Å²) < 4.78 is 16.0. The third kappa shape index (κ3) is 4.80. The molecular formula is C18H20ClNO4. The number of hydrogen-bond acceptors (Lipinski definition) is 4. The maximum Gasteiger partial charge on any atom is 0.258 e. The molecule has 0 saturated heterocycles. The van der Waals surface area contributed by atoms with Crippen molar-refractivity contribution < 1.29 is 19.0 Å². The van der Waals surface area contributed by atoms with Gasteiger partial charge in [0, 0.05) is 16.7 Å². The van der Waals surface area contributed by atoms with E-state index in [1.165, 1.54) is 0 Å². The molecule has 6 heteroatoms.